The van der Waals surface area contributed by atoms with E-state index in [9.17, 15) is 9.90 Å². The maximum absolute atomic E-state index is 11.6. The summed E-state index contributed by atoms with van der Waals surface area (Å²) in [6, 6.07) is -0.263. The molecule has 0 saturated carbocycles. The van der Waals surface area contributed by atoms with E-state index in [4.69, 9.17) is 4.74 Å². The molecule has 1 aliphatic heterocycles. The van der Waals surface area contributed by atoms with Crippen LogP contribution in [0.5, 0.6) is 0 Å². The van der Waals surface area contributed by atoms with Crippen LogP contribution in [0.4, 0.5) is 0 Å². The van der Waals surface area contributed by atoms with Gasteiger partial charge in [-0.05, 0) is 5.92 Å². The van der Waals surface area contributed by atoms with Crippen LogP contribution in [0.2, 0.25) is 0 Å². The number of ether oxygens (including phenoxy) is 1. The van der Waals surface area contributed by atoms with Crippen LogP contribution in [0.25, 0.3) is 0 Å². The number of carbonyl (C=O) groups excluding carboxylic acids is 1. The Labute approximate surface area is 92.1 Å². The lowest BCUT2D eigenvalue weighted by Gasteiger charge is -2.19. The van der Waals surface area contributed by atoms with Crippen molar-refractivity contribution in [2.75, 3.05) is 13.2 Å². The minimum absolute atomic E-state index is 0.0884. The van der Waals surface area contributed by atoms with Gasteiger partial charge in [-0.3, -0.25) is 4.79 Å². The minimum atomic E-state index is -0.578. The van der Waals surface area contributed by atoms with Crippen molar-refractivity contribution >= 4 is 21.8 Å². The fourth-order valence-electron chi connectivity index (χ4n) is 1.25. The Kier molecular flexibility index (Phi) is 4.34. The van der Waals surface area contributed by atoms with Crippen molar-refractivity contribution < 1.29 is 14.6 Å². The minimum Gasteiger partial charge on any atom is -0.388 e. The highest BCUT2D eigenvalue weighted by Crippen LogP contribution is 2.13. The molecule has 1 rings (SSSR count). The molecule has 3 atom stereocenters. The summed E-state index contributed by atoms with van der Waals surface area (Å²) >= 11 is 3.30. The van der Waals surface area contributed by atoms with Gasteiger partial charge in [0, 0.05) is 0 Å². The molecule has 2 N–H and O–H groups in total. The molecular weight excluding hydrogens is 250 g/mol. The molecule has 14 heavy (non-hydrogen) atoms. The molecule has 4 nitrogen and oxygen atoms in total. The summed E-state index contributed by atoms with van der Waals surface area (Å²) in [7, 11) is 0. The second-order valence-electron chi connectivity index (χ2n) is 3.87. The van der Waals surface area contributed by atoms with Crippen molar-refractivity contribution in [3.63, 3.8) is 0 Å². The Morgan fingerprint density at radius 2 is 2.21 bits per heavy atom. The highest BCUT2D eigenvalue weighted by Gasteiger charge is 2.29. The van der Waals surface area contributed by atoms with Crippen LogP contribution in [-0.2, 0) is 9.53 Å². The summed E-state index contributed by atoms with van der Waals surface area (Å²) in [5.74, 6) is 0.143. The quantitative estimate of drug-likeness (QED) is 0.721. The number of amides is 1. The highest BCUT2D eigenvalue weighted by molar-refractivity contribution is 9.10. The number of alkyl halides is 1. The summed E-state index contributed by atoms with van der Waals surface area (Å²) in [5.41, 5.74) is 0. The van der Waals surface area contributed by atoms with Crippen LogP contribution in [0.1, 0.15) is 13.8 Å². The maximum atomic E-state index is 11.6. The van der Waals surface area contributed by atoms with Gasteiger partial charge in [0.2, 0.25) is 5.91 Å². The Morgan fingerprint density at radius 3 is 2.64 bits per heavy atom. The Bertz CT molecular complexity index is 210. The molecular formula is C9H16BrNO3. The first-order valence-corrected chi connectivity index (χ1v) is 5.64. The summed E-state index contributed by atoms with van der Waals surface area (Å²) in [5, 5.41) is 12.2. The van der Waals surface area contributed by atoms with Crippen LogP contribution in [-0.4, -0.2) is 41.2 Å². The zero-order chi connectivity index (χ0) is 10.7. The predicted octanol–water partition coefficient (Wildman–Crippen LogP) is 0.282. The van der Waals surface area contributed by atoms with E-state index in [2.05, 4.69) is 21.2 Å². The van der Waals surface area contributed by atoms with Crippen LogP contribution in [0.15, 0.2) is 0 Å². The van der Waals surface area contributed by atoms with Gasteiger partial charge in [0.15, 0.2) is 0 Å². The number of carbonyl (C=O) groups is 1. The molecule has 0 aliphatic carbocycles. The molecule has 82 valence electrons. The normalized spacial score (nSPS) is 29.2. The fourth-order valence-corrected chi connectivity index (χ4v) is 1.38. The highest BCUT2D eigenvalue weighted by atomic mass is 79.9. The van der Waals surface area contributed by atoms with Gasteiger partial charge in [0.25, 0.3) is 0 Å². The number of halogens is 1. The van der Waals surface area contributed by atoms with Gasteiger partial charge >= 0.3 is 0 Å². The van der Waals surface area contributed by atoms with Crippen molar-refractivity contribution in [1.29, 1.82) is 0 Å². The Morgan fingerprint density at radius 1 is 1.57 bits per heavy atom. The third kappa shape index (κ3) is 2.93. The topological polar surface area (TPSA) is 58.6 Å². The molecule has 1 aliphatic rings. The molecule has 1 fully saturated rings. The van der Waals surface area contributed by atoms with Crippen LogP contribution < -0.4 is 5.32 Å². The van der Waals surface area contributed by atoms with Crippen molar-refractivity contribution in [1.82, 2.24) is 5.32 Å². The molecule has 0 aromatic heterocycles. The lowest BCUT2D eigenvalue weighted by molar-refractivity contribution is -0.122. The number of hydrogen-bond donors (Lipinski definition) is 2. The molecule has 0 aromatic carbocycles. The molecule has 5 heteroatoms. The van der Waals surface area contributed by atoms with E-state index in [0.29, 0.717) is 13.2 Å². The monoisotopic (exact) mass is 265 g/mol. The van der Waals surface area contributed by atoms with Crippen molar-refractivity contribution in [2.24, 2.45) is 5.92 Å². The van der Waals surface area contributed by atoms with Gasteiger partial charge < -0.3 is 15.2 Å². The molecule has 1 unspecified atom stereocenters. The smallest absolute Gasteiger partial charge is 0.234 e. The van der Waals surface area contributed by atoms with Gasteiger partial charge in [-0.15, -0.1) is 0 Å². The van der Waals surface area contributed by atoms with E-state index >= 15 is 0 Å². The van der Waals surface area contributed by atoms with E-state index < -0.39 is 6.10 Å². The van der Waals surface area contributed by atoms with E-state index in [1.165, 1.54) is 0 Å². The zero-order valence-corrected chi connectivity index (χ0v) is 9.95. The lowest BCUT2D eigenvalue weighted by atomic mass is 10.1. The average Bonchev–Trinajstić information content (AvgIpc) is 2.50. The fraction of sp³-hybridized carbons (Fsp3) is 0.889. The van der Waals surface area contributed by atoms with Gasteiger partial charge in [0.1, 0.15) is 0 Å². The SMILES string of the molecule is CC(C)C(Br)C(=O)N[C@@H]1COC[C@H]1O. The van der Waals surface area contributed by atoms with E-state index in [-0.39, 0.29) is 22.7 Å². The molecule has 0 radical (unpaired) electrons. The predicted molar refractivity (Wildman–Crippen MR) is 56.3 cm³/mol. The first kappa shape index (κ1) is 11.9. The van der Waals surface area contributed by atoms with Crippen LogP contribution in [0, 0.1) is 5.92 Å². The Balaban J connectivity index is 2.40. The van der Waals surface area contributed by atoms with Gasteiger partial charge in [-0.2, -0.15) is 0 Å². The number of hydrogen-bond acceptors (Lipinski definition) is 3. The first-order chi connectivity index (χ1) is 6.52. The van der Waals surface area contributed by atoms with Gasteiger partial charge in [0.05, 0.1) is 30.2 Å². The largest absolute Gasteiger partial charge is 0.388 e. The number of nitrogens with one attached hydrogen (secondary N) is 1. The van der Waals surface area contributed by atoms with Crippen LogP contribution in [0.3, 0.4) is 0 Å². The summed E-state index contributed by atoms with van der Waals surface area (Å²) < 4.78 is 5.03. The van der Waals surface area contributed by atoms with E-state index in [0.717, 1.165) is 0 Å². The Hall–Kier alpha value is -0.130. The third-order valence-corrected chi connectivity index (χ3v) is 3.69. The number of aliphatic hydroxyl groups excluding tert-OH is 1. The summed E-state index contributed by atoms with van der Waals surface area (Å²) in [4.78, 5) is 11.3. The lowest BCUT2D eigenvalue weighted by Crippen LogP contribution is -2.46. The summed E-state index contributed by atoms with van der Waals surface area (Å²) in [6.07, 6.45) is -0.578. The molecule has 0 bridgehead atoms. The molecule has 1 saturated heterocycles. The summed E-state index contributed by atoms with van der Waals surface area (Å²) in [6.45, 7) is 4.62. The van der Waals surface area contributed by atoms with Crippen LogP contribution >= 0.6 is 15.9 Å². The van der Waals surface area contributed by atoms with Crippen molar-refractivity contribution in [2.45, 2.75) is 30.8 Å². The van der Waals surface area contributed by atoms with Crippen molar-refractivity contribution in [3.05, 3.63) is 0 Å². The molecule has 1 heterocycles. The first-order valence-electron chi connectivity index (χ1n) is 4.72. The third-order valence-electron chi connectivity index (χ3n) is 2.21. The van der Waals surface area contributed by atoms with Crippen molar-refractivity contribution in [3.8, 4) is 0 Å². The molecule has 1 amide bonds. The van der Waals surface area contributed by atoms with Gasteiger partial charge in [-0.1, -0.05) is 29.8 Å². The average molecular weight is 266 g/mol. The second-order valence-corrected chi connectivity index (χ2v) is 4.85. The molecule has 0 aromatic rings. The maximum Gasteiger partial charge on any atom is 0.234 e. The van der Waals surface area contributed by atoms with E-state index in [1.807, 2.05) is 13.8 Å². The van der Waals surface area contributed by atoms with E-state index in [1.54, 1.807) is 0 Å². The van der Waals surface area contributed by atoms with Gasteiger partial charge in [-0.25, -0.2) is 0 Å². The number of rotatable bonds is 3. The zero-order valence-electron chi connectivity index (χ0n) is 8.37. The second kappa shape index (κ2) is 5.09. The number of aliphatic hydroxyl groups is 1. The molecule has 0 spiro atoms. The standard InChI is InChI=1S/C9H16BrNO3/c1-5(2)8(10)9(13)11-6-3-14-4-7(6)12/h5-8,12H,3-4H2,1-2H3,(H,11,13)/t6-,7-,8?/m1/s1.